The summed E-state index contributed by atoms with van der Waals surface area (Å²) in [6.45, 7) is 3.84. The number of hydrogen-bond donors (Lipinski definition) is 4. The van der Waals surface area contributed by atoms with Gasteiger partial charge in [0.15, 0.2) is 6.29 Å². The average Bonchev–Trinajstić information content (AvgIpc) is 3.37. The van der Waals surface area contributed by atoms with Gasteiger partial charge in [-0.3, -0.25) is 9.35 Å². The Hall–Kier alpha value is -2.72. The summed E-state index contributed by atoms with van der Waals surface area (Å²) >= 11 is 0. The van der Waals surface area contributed by atoms with Crippen LogP contribution in [0.25, 0.3) is 0 Å². The fourth-order valence-corrected chi connectivity index (χ4v) is 8.99. The first-order chi connectivity index (χ1) is 35.6. The first-order valence-electron chi connectivity index (χ1n) is 28.8. The van der Waals surface area contributed by atoms with E-state index in [0.29, 0.717) is 13.0 Å². The number of hydrogen-bond acceptors (Lipinski definition) is 11. The Morgan fingerprint density at radius 2 is 0.945 bits per heavy atom. The van der Waals surface area contributed by atoms with E-state index < -0.39 is 59.8 Å². The third-order valence-corrected chi connectivity index (χ3v) is 13.2. The zero-order valence-electron chi connectivity index (χ0n) is 45.7. The Bertz CT molecular complexity index is 1590. The molecule has 0 spiro atoms. The van der Waals surface area contributed by atoms with E-state index in [2.05, 4.69) is 103 Å². The zero-order chi connectivity index (χ0) is 53.1. The van der Waals surface area contributed by atoms with Gasteiger partial charge in [-0.25, -0.2) is 4.18 Å². The lowest BCUT2D eigenvalue weighted by Crippen LogP contribution is -2.60. The smallest absolute Gasteiger partial charge is 0.397 e. The van der Waals surface area contributed by atoms with Gasteiger partial charge in [0, 0.05) is 13.0 Å². The third-order valence-electron chi connectivity index (χ3n) is 12.8. The normalized spacial score (nSPS) is 19.5. The molecule has 0 aromatic carbocycles. The van der Waals surface area contributed by atoms with Crippen LogP contribution in [0.3, 0.4) is 0 Å². The van der Waals surface area contributed by atoms with E-state index in [1.807, 2.05) is 0 Å². The maximum atomic E-state index is 13.0. The Morgan fingerprint density at radius 1 is 0.534 bits per heavy atom. The van der Waals surface area contributed by atoms with Crippen LogP contribution >= 0.6 is 0 Å². The van der Waals surface area contributed by atoms with Gasteiger partial charge in [0.05, 0.1) is 19.8 Å². The SMILES string of the molecule is CC/C=C\C/C=C\C/C=C\C/C=C\C/C=C\C/C=C\C/C=C\CCCCCCOCC(COC1OC(CO)C(O)C(OS(=O)(=O)O)C1O)OC(=O)CCCCCCCCCCCCCCCCCCCCCC. The monoisotopic (exact) mass is 1050 g/mol. The summed E-state index contributed by atoms with van der Waals surface area (Å²) in [6, 6.07) is 0. The van der Waals surface area contributed by atoms with Gasteiger partial charge in [0.25, 0.3) is 0 Å². The highest BCUT2D eigenvalue weighted by molar-refractivity contribution is 7.80. The maximum absolute atomic E-state index is 13.0. The van der Waals surface area contributed by atoms with Crippen LogP contribution in [0.2, 0.25) is 0 Å². The highest BCUT2D eigenvalue weighted by Crippen LogP contribution is 2.26. The highest BCUT2D eigenvalue weighted by atomic mass is 32.3. The second-order valence-electron chi connectivity index (χ2n) is 19.5. The lowest BCUT2D eigenvalue weighted by Gasteiger charge is -2.41. The van der Waals surface area contributed by atoms with Gasteiger partial charge in [-0.05, 0) is 70.6 Å². The molecule has 13 heteroatoms. The molecule has 1 fully saturated rings. The summed E-state index contributed by atoms with van der Waals surface area (Å²) in [5.41, 5.74) is 0. The van der Waals surface area contributed by atoms with Gasteiger partial charge < -0.3 is 34.3 Å². The third kappa shape index (κ3) is 43.1. The Labute approximate surface area is 444 Å². The average molecular weight is 1050 g/mol. The summed E-state index contributed by atoms with van der Waals surface area (Å²) in [6.07, 6.45) is 59.0. The lowest BCUT2D eigenvalue weighted by molar-refractivity contribution is -0.301. The van der Waals surface area contributed by atoms with Gasteiger partial charge in [-0.2, -0.15) is 8.42 Å². The summed E-state index contributed by atoms with van der Waals surface area (Å²) in [4.78, 5) is 13.0. The molecular formula is C60H104O12S. The molecule has 1 rings (SSSR count). The minimum atomic E-state index is -5.08. The summed E-state index contributed by atoms with van der Waals surface area (Å²) in [5, 5.41) is 30.8. The molecule has 1 aliphatic rings. The summed E-state index contributed by atoms with van der Waals surface area (Å²) in [7, 11) is -5.08. The van der Waals surface area contributed by atoms with Crippen LogP contribution in [0.15, 0.2) is 85.1 Å². The molecule has 0 aliphatic carbocycles. The van der Waals surface area contributed by atoms with Crippen molar-refractivity contribution in [1.82, 2.24) is 0 Å². The molecule has 1 aliphatic heterocycles. The van der Waals surface area contributed by atoms with Crippen molar-refractivity contribution in [2.24, 2.45) is 0 Å². The number of rotatable bonds is 50. The predicted molar refractivity (Wildman–Crippen MR) is 299 cm³/mol. The molecule has 1 saturated heterocycles. The molecule has 4 N–H and O–H groups in total. The molecule has 0 bridgehead atoms. The zero-order valence-corrected chi connectivity index (χ0v) is 46.5. The van der Waals surface area contributed by atoms with E-state index in [4.69, 9.17) is 18.9 Å². The molecule has 0 aromatic heterocycles. The number of aliphatic hydroxyl groups is 3. The van der Waals surface area contributed by atoms with Crippen molar-refractivity contribution in [2.45, 2.75) is 263 Å². The van der Waals surface area contributed by atoms with Crippen LogP contribution in [-0.2, 0) is 38.3 Å². The molecule has 12 nitrogen and oxygen atoms in total. The summed E-state index contributed by atoms with van der Waals surface area (Å²) in [5.74, 6) is -0.408. The fraction of sp³-hybridized carbons (Fsp3) is 0.750. The predicted octanol–water partition coefficient (Wildman–Crippen LogP) is 14.4. The Kier molecular flexibility index (Phi) is 46.9. The van der Waals surface area contributed by atoms with E-state index in [9.17, 15) is 33.1 Å². The molecule has 0 amide bonds. The van der Waals surface area contributed by atoms with E-state index in [1.54, 1.807) is 0 Å². The number of carbonyl (C=O) groups excluding carboxylic acids is 1. The van der Waals surface area contributed by atoms with E-state index in [0.717, 1.165) is 96.3 Å². The summed E-state index contributed by atoms with van der Waals surface area (Å²) < 4.78 is 59.4. The Morgan fingerprint density at radius 3 is 1.38 bits per heavy atom. The number of aliphatic hydroxyl groups excluding tert-OH is 3. The van der Waals surface area contributed by atoms with Crippen molar-refractivity contribution < 1.29 is 56.2 Å². The molecule has 0 saturated carbocycles. The van der Waals surface area contributed by atoms with Crippen LogP contribution in [0.5, 0.6) is 0 Å². The molecule has 6 atom stereocenters. The minimum Gasteiger partial charge on any atom is -0.457 e. The van der Waals surface area contributed by atoms with Crippen LogP contribution in [0.4, 0.5) is 0 Å². The lowest BCUT2D eigenvalue weighted by atomic mass is 9.99. The van der Waals surface area contributed by atoms with Crippen LogP contribution in [-0.4, -0.2) is 97.5 Å². The molecule has 6 unspecified atom stereocenters. The van der Waals surface area contributed by atoms with Crippen molar-refractivity contribution in [2.75, 3.05) is 26.4 Å². The molecule has 422 valence electrons. The van der Waals surface area contributed by atoms with Gasteiger partial charge in [-0.1, -0.05) is 234 Å². The molecular weight excluding hydrogens is 945 g/mol. The van der Waals surface area contributed by atoms with Crippen molar-refractivity contribution >= 4 is 16.4 Å². The first kappa shape index (κ1) is 68.3. The van der Waals surface area contributed by atoms with Crippen molar-refractivity contribution in [3.8, 4) is 0 Å². The number of allylic oxidation sites excluding steroid dienone is 14. The number of unbranched alkanes of at least 4 members (excludes halogenated alkanes) is 23. The number of ether oxygens (including phenoxy) is 4. The fourth-order valence-electron chi connectivity index (χ4n) is 8.48. The van der Waals surface area contributed by atoms with Crippen molar-refractivity contribution in [1.29, 1.82) is 0 Å². The standard InChI is InChI=1S/C60H104O12S/c1-3-5-7-9-11-13-15-17-19-21-23-25-26-27-28-29-30-32-34-36-38-40-42-44-46-48-50-68-52-54(53-69-60-58(64)59(72-73(65,66)67)57(63)55(51-61)71-60)70-56(62)49-47-45-43-41-39-37-35-33-31-24-22-20-18-16-14-12-10-8-6-4-2/h5,7,11,13,17,19,23,25,27-28,30,32,36,38,54-55,57-61,63-64H,3-4,6,8-10,12,14-16,18,20-22,24,26,29,31,33-35,37,39-53H2,1-2H3,(H,65,66,67)/b7-5-,13-11-,19-17-,25-23-,28-27-,32-30-,38-36-. The quantitative estimate of drug-likeness (QED) is 0.0196. The highest BCUT2D eigenvalue weighted by Gasteiger charge is 2.48. The van der Waals surface area contributed by atoms with Crippen molar-refractivity contribution in [3.05, 3.63) is 85.1 Å². The number of carbonyl (C=O) groups is 1. The van der Waals surface area contributed by atoms with Crippen LogP contribution in [0.1, 0.15) is 226 Å². The second kappa shape index (κ2) is 50.1. The molecule has 73 heavy (non-hydrogen) atoms. The molecule has 0 aromatic rings. The Balaban J connectivity index is 2.34. The molecule has 0 radical (unpaired) electrons. The van der Waals surface area contributed by atoms with Gasteiger partial charge in [0.2, 0.25) is 0 Å². The van der Waals surface area contributed by atoms with E-state index >= 15 is 0 Å². The van der Waals surface area contributed by atoms with Crippen LogP contribution in [0, 0.1) is 0 Å². The van der Waals surface area contributed by atoms with Crippen molar-refractivity contribution in [3.63, 3.8) is 0 Å². The van der Waals surface area contributed by atoms with Gasteiger partial charge in [-0.15, -0.1) is 0 Å². The number of esters is 1. The van der Waals surface area contributed by atoms with Crippen LogP contribution < -0.4 is 0 Å². The van der Waals surface area contributed by atoms with E-state index in [-0.39, 0.29) is 19.6 Å². The first-order valence-corrected chi connectivity index (χ1v) is 30.2. The van der Waals surface area contributed by atoms with Gasteiger partial charge >= 0.3 is 16.4 Å². The second-order valence-corrected chi connectivity index (χ2v) is 20.6. The van der Waals surface area contributed by atoms with E-state index in [1.165, 1.54) is 103 Å². The largest absolute Gasteiger partial charge is 0.457 e. The van der Waals surface area contributed by atoms with Gasteiger partial charge in [0.1, 0.15) is 30.5 Å². The maximum Gasteiger partial charge on any atom is 0.397 e. The molecule has 1 heterocycles. The topological polar surface area (TPSA) is 178 Å². The minimum absolute atomic E-state index is 0.0160.